The molecule has 0 aliphatic heterocycles. The maximum absolute atomic E-state index is 14.9. The minimum absolute atomic E-state index is 0.00221. The highest BCUT2D eigenvalue weighted by molar-refractivity contribution is 7.17. The minimum Gasteiger partial charge on any atom is -0.508 e. The van der Waals surface area contributed by atoms with Gasteiger partial charge in [0.25, 0.3) is 22.2 Å². The number of aromatic nitrogens is 24. The van der Waals surface area contributed by atoms with Crippen LogP contribution < -0.4 is 45.2 Å². The number of hydrogen-bond donors (Lipinski definition) is 8. The first-order valence-electron chi connectivity index (χ1n) is 43.9. The Morgan fingerprint density at radius 2 is 0.589 bits per heavy atom. The molecular weight excluding hydrogens is 2000 g/mol. The van der Waals surface area contributed by atoms with Crippen LogP contribution in [-0.4, -0.2) is 138 Å². The molecule has 0 amide bonds. The lowest BCUT2D eigenvalue weighted by Crippen LogP contribution is -2.26. The average Bonchev–Trinajstić information content (AvgIpc) is 1.61. The van der Waals surface area contributed by atoms with Gasteiger partial charge < -0.3 is 43.4 Å². The van der Waals surface area contributed by atoms with Crippen LogP contribution in [0.15, 0.2) is 248 Å². The summed E-state index contributed by atoms with van der Waals surface area (Å²) in [4.78, 5) is 110. The van der Waals surface area contributed by atoms with Gasteiger partial charge in [-0.15, -0.1) is 45.3 Å². The molecule has 12 N–H and O–H groups in total. The molecule has 36 nitrogen and oxygen atoms in total. The number of rotatable bonds is 16. The van der Waals surface area contributed by atoms with Crippen LogP contribution >= 0.6 is 68.5 Å². The molecule has 0 atom stereocenters. The molecule has 16 aromatic heterocycles. The first kappa shape index (κ1) is 94.3. The largest absolute Gasteiger partial charge is 0.508 e. The van der Waals surface area contributed by atoms with Crippen LogP contribution in [0, 0.1) is 51.0 Å². The van der Waals surface area contributed by atoms with Crippen molar-refractivity contribution in [1.29, 1.82) is 0 Å². The zero-order chi connectivity index (χ0) is 102. The highest BCUT2D eigenvalue weighted by atomic mass is 35.5. The third-order valence-electron chi connectivity index (χ3n) is 23.9. The molecule has 146 heavy (non-hydrogen) atoms. The third-order valence-corrected chi connectivity index (χ3v) is 28.5. The molecule has 0 spiro atoms. The fraction of sp³-hybridized carbons (Fsp3) is 0.0800. The Balaban J connectivity index is 0.000000114. The number of phenolic OH excluding ortho intramolecular Hbond substituents is 4. The summed E-state index contributed by atoms with van der Waals surface area (Å²) in [7, 11) is 0. The quantitative estimate of drug-likeness (QED) is 0.0416. The zero-order valence-electron chi connectivity index (χ0n) is 76.1. The Morgan fingerprint density at radius 3 is 0.890 bits per heavy atom. The molecule has 724 valence electrons. The van der Waals surface area contributed by atoms with Crippen LogP contribution in [0.2, 0.25) is 10.0 Å². The Labute approximate surface area is 842 Å². The lowest BCUT2D eigenvalue weighted by atomic mass is 10.1. The number of thiophene rings is 4. The summed E-state index contributed by atoms with van der Waals surface area (Å²) in [6, 6.07) is 46.7. The fourth-order valence-electron chi connectivity index (χ4n) is 17.1. The van der Waals surface area contributed by atoms with Crippen molar-refractivity contribution in [1.82, 2.24) is 117 Å². The average molecular weight is 2070 g/mol. The van der Waals surface area contributed by atoms with Gasteiger partial charge in [0.1, 0.15) is 186 Å². The summed E-state index contributed by atoms with van der Waals surface area (Å²) in [5.74, 6) is -0.297. The molecule has 0 saturated carbocycles. The number of benzene rings is 8. The molecule has 24 aromatic rings. The smallest absolute Gasteiger partial charge is 0.267 e. The number of phenols is 4. The van der Waals surface area contributed by atoms with Crippen molar-refractivity contribution in [2.24, 2.45) is 0 Å². The molecule has 0 aliphatic rings. The van der Waals surface area contributed by atoms with Crippen LogP contribution in [-0.2, 0) is 26.2 Å². The van der Waals surface area contributed by atoms with Gasteiger partial charge in [0.15, 0.2) is 22.6 Å². The molecule has 0 aliphatic carbocycles. The van der Waals surface area contributed by atoms with E-state index in [-0.39, 0.29) is 145 Å². The maximum atomic E-state index is 14.9. The summed E-state index contributed by atoms with van der Waals surface area (Å²) in [5, 5.41) is 70.0. The van der Waals surface area contributed by atoms with Gasteiger partial charge in [-0.05, 0) is 187 Å². The van der Waals surface area contributed by atoms with E-state index in [1.165, 1.54) is 153 Å². The van der Waals surface area contributed by atoms with Crippen LogP contribution in [0.1, 0.15) is 45.6 Å². The topological polar surface area (TPSA) is 499 Å². The highest BCUT2D eigenvalue weighted by Gasteiger charge is 2.31. The summed E-state index contributed by atoms with van der Waals surface area (Å²) in [6.07, 6.45) is 5.28. The number of aromatic hydroxyl groups is 4. The zero-order valence-corrected chi connectivity index (χ0v) is 80.9. The molecule has 16 heterocycles. The van der Waals surface area contributed by atoms with Crippen LogP contribution in [0.5, 0.6) is 23.0 Å². The van der Waals surface area contributed by atoms with E-state index in [4.69, 9.17) is 86.5 Å². The molecule has 24 rings (SSSR count). The predicted octanol–water partition coefficient (Wildman–Crippen LogP) is 17.5. The van der Waals surface area contributed by atoms with Gasteiger partial charge >= 0.3 is 0 Å². The van der Waals surface area contributed by atoms with Gasteiger partial charge in [0.2, 0.25) is 0 Å². The predicted molar refractivity (Wildman–Crippen MR) is 553 cm³/mol. The Kier molecular flexibility index (Phi) is 24.6. The number of halogens is 6. The molecule has 46 heteroatoms. The summed E-state index contributed by atoms with van der Waals surface area (Å²) < 4.78 is 70.9. The number of nitrogens with two attached hydrogens (primary N) is 4. The van der Waals surface area contributed by atoms with Crippen molar-refractivity contribution >= 4 is 177 Å². The Hall–Kier alpha value is -18.0. The van der Waals surface area contributed by atoms with E-state index in [2.05, 4.69) is 39.9 Å². The number of nitrogen functional groups attached to an aromatic ring is 4. The van der Waals surface area contributed by atoms with Gasteiger partial charge in [0, 0.05) is 22.3 Å². The van der Waals surface area contributed by atoms with Crippen molar-refractivity contribution in [2.45, 2.75) is 53.9 Å². The number of anilines is 4. The standard InChI is InChI=1S/2C25H17ClFN7O2S.2C25H18FN7O2S/c1-12-10-37-24-19(12)25(36)34(16-5-3-2-4-15(16)27)18(31-24)9-33-23-20(22(28)29-11-30-23)21(32-33)13-6-7-17(35)14(26)8-13;1-12-10-37-24-19(12)25(36)34(16-5-3-2-4-15(16)27)18(31-24)9-33-23-20(22(28)29-11-30-23)21(32-33)13-6-7-14(26)17(35)8-13;1-13-11-36-24-19(13)25(35)33(17-8-3-2-7-16(17)26)18(30-24)10-32-23-20(22(27)28-12-29-23)21(31-32)14-5-4-6-15(34)9-14;1-13-11-36-24-19(13)25(35)33(17-5-3-2-4-16(17)26)18(30-24)10-32-23-20(22(27)28-12-29-23)21(31-32)14-6-8-15(34)9-7-14/h2*2-8,10-11,35H,9H2,1H3,(H2,28,29,30);2*2-9,11-12,34H,10H2,1H3,(H2,27,28,29). The summed E-state index contributed by atoms with van der Waals surface area (Å²) >= 11 is 17.5. The lowest BCUT2D eigenvalue weighted by molar-refractivity contribution is 0.475. The normalized spacial score (nSPS) is 11.5. The Bertz CT molecular complexity index is 9440. The molecule has 0 fully saturated rings. The summed E-state index contributed by atoms with van der Waals surface area (Å²) in [6.45, 7) is 7.28. The van der Waals surface area contributed by atoms with Gasteiger partial charge in [-0.2, -0.15) is 20.4 Å². The molecular formula is C100H70Cl2F4N28O8S4. The maximum Gasteiger partial charge on any atom is 0.267 e. The third kappa shape index (κ3) is 17.0. The van der Waals surface area contributed by atoms with Crippen molar-refractivity contribution in [3.05, 3.63) is 349 Å². The van der Waals surface area contributed by atoms with Crippen LogP contribution in [0.3, 0.4) is 0 Å². The lowest BCUT2D eigenvalue weighted by Gasteiger charge is -2.14. The summed E-state index contributed by atoms with van der Waals surface area (Å²) in [5.41, 5.74) is 32.6. The van der Waals surface area contributed by atoms with Crippen LogP contribution in [0.25, 0.3) is 153 Å². The van der Waals surface area contributed by atoms with Gasteiger partial charge in [-0.3, -0.25) is 37.4 Å². The minimum atomic E-state index is -0.561. The molecule has 0 radical (unpaired) electrons. The molecule has 0 unspecified atom stereocenters. The number of hydrogen-bond acceptors (Lipinski definition) is 32. The monoisotopic (exact) mass is 2060 g/mol. The number of nitrogens with zero attached hydrogens (tertiary/aromatic N) is 24. The molecule has 0 bridgehead atoms. The van der Waals surface area contributed by atoms with E-state index in [1.54, 1.807) is 137 Å². The van der Waals surface area contributed by atoms with E-state index in [9.17, 15) is 57.2 Å². The van der Waals surface area contributed by atoms with Crippen molar-refractivity contribution in [3.63, 3.8) is 0 Å². The Morgan fingerprint density at radius 1 is 0.301 bits per heavy atom. The number of aryl methyl sites for hydroxylation is 4. The second-order valence-corrected chi connectivity index (χ2v) is 37.4. The van der Waals surface area contributed by atoms with Crippen molar-refractivity contribution in [3.8, 4) is 90.8 Å². The highest BCUT2D eigenvalue weighted by Crippen LogP contribution is 2.41. The van der Waals surface area contributed by atoms with E-state index in [1.807, 2.05) is 49.2 Å². The molecule has 0 saturated heterocycles. The van der Waals surface area contributed by atoms with Crippen molar-refractivity contribution in [2.75, 3.05) is 22.9 Å². The van der Waals surface area contributed by atoms with Crippen molar-refractivity contribution < 1.29 is 38.0 Å². The van der Waals surface area contributed by atoms with E-state index >= 15 is 0 Å². The fourth-order valence-corrected chi connectivity index (χ4v) is 21.1. The van der Waals surface area contributed by atoms with E-state index < -0.39 is 23.3 Å². The van der Waals surface area contributed by atoms with Crippen LogP contribution in [0.4, 0.5) is 40.8 Å². The first-order valence-corrected chi connectivity index (χ1v) is 48.2. The SMILES string of the molecule is Cc1csc2nc(Cn3nc(-c4ccc(Cl)c(O)c4)c4c(N)ncnc43)n(-c3ccccc3F)c(=O)c12.Cc1csc2nc(Cn3nc(-c4ccc(O)c(Cl)c4)c4c(N)ncnc43)n(-c3ccccc3F)c(=O)c12.Cc1csc2nc(Cn3nc(-c4ccc(O)cc4)c4c(N)ncnc43)n(-c3ccccc3F)c(=O)c12.Cc1csc2nc(Cn3nc(-c4cccc(O)c4)c4c(N)ncnc43)n(-c3ccccc3F)c(=O)c12. The molecule has 8 aromatic carbocycles. The second-order valence-electron chi connectivity index (χ2n) is 33.2. The number of fused-ring (bicyclic) bond motifs is 8. The van der Waals surface area contributed by atoms with Gasteiger partial charge in [0.05, 0.1) is 75.9 Å². The van der Waals surface area contributed by atoms with Gasteiger partial charge in [-0.1, -0.05) is 89.9 Å². The van der Waals surface area contributed by atoms with Gasteiger partial charge in [-0.25, -0.2) is 96.1 Å². The van der Waals surface area contributed by atoms with E-state index in [0.717, 1.165) is 22.3 Å². The first-order chi connectivity index (χ1) is 70.5. The number of para-hydroxylation sites is 4. The second kappa shape index (κ2) is 38.1. The van der Waals surface area contributed by atoms with E-state index in [0.29, 0.717) is 136 Å².